The van der Waals surface area contributed by atoms with Crippen LogP contribution in [-0.4, -0.2) is 26.6 Å². The zero-order valence-electron chi connectivity index (χ0n) is 9.31. The van der Waals surface area contributed by atoms with E-state index in [1.54, 1.807) is 7.05 Å². The SMILES string of the molecule is CN=c1ncnc2n(C)c(C)c(C)nc1-2. The Hall–Kier alpha value is -1.78. The number of fused-ring (bicyclic) bond motifs is 1. The molecule has 2 heterocycles. The predicted octanol–water partition coefficient (Wildman–Crippen LogP) is 0.462. The Labute approximate surface area is 87.9 Å². The molecule has 0 aromatic carbocycles. The van der Waals surface area contributed by atoms with E-state index in [1.807, 2.05) is 25.5 Å². The fraction of sp³-hybridized carbons (Fsp3) is 0.400. The Morgan fingerprint density at radius 3 is 2.67 bits per heavy atom. The minimum atomic E-state index is 0.638. The number of rotatable bonds is 0. The molecule has 78 valence electrons. The molecule has 15 heavy (non-hydrogen) atoms. The van der Waals surface area contributed by atoms with Gasteiger partial charge in [-0.05, 0) is 13.8 Å². The first-order chi connectivity index (χ1) is 7.15. The smallest absolute Gasteiger partial charge is 0.178 e. The van der Waals surface area contributed by atoms with Gasteiger partial charge in [0.25, 0.3) is 0 Å². The molecule has 0 aliphatic carbocycles. The number of nitrogens with zero attached hydrogens (tertiary/aromatic N) is 5. The van der Waals surface area contributed by atoms with Gasteiger partial charge in [-0.25, -0.2) is 15.0 Å². The van der Waals surface area contributed by atoms with Gasteiger partial charge in [-0.3, -0.25) is 4.99 Å². The van der Waals surface area contributed by atoms with Crippen LogP contribution in [0, 0.1) is 13.8 Å². The maximum absolute atomic E-state index is 4.47. The van der Waals surface area contributed by atoms with Crippen LogP contribution in [-0.2, 0) is 7.05 Å². The number of hydrogen-bond acceptors (Lipinski definition) is 4. The van der Waals surface area contributed by atoms with Crippen LogP contribution in [0.25, 0.3) is 11.5 Å². The van der Waals surface area contributed by atoms with Crippen molar-refractivity contribution in [2.75, 3.05) is 7.05 Å². The molecule has 0 aromatic rings. The Balaban J connectivity index is 2.96. The van der Waals surface area contributed by atoms with E-state index in [2.05, 4.69) is 19.9 Å². The second-order valence-corrected chi connectivity index (χ2v) is 3.43. The molecule has 0 atom stereocenters. The van der Waals surface area contributed by atoms with Crippen molar-refractivity contribution in [3.8, 4) is 11.5 Å². The zero-order chi connectivity index (χ0) is 11.0. The molecule has 2 aliphatic rings. The second kappa shape index (κ2) is 3.42. The molecule has 0 radical (unpaired) electrons. The minimum absolute atomic E-state index is 0.638. The molecule has 5 heteroatoms. The van der Waals surface area contributed by atoms with E-state index in [-0.39, 0.29) is 0 Å². The van der Waals surface area contributed by atoms with Gasteiger partial charge in [0.2, 0.25) is 0 Å². The van der Waals surface area contributed by atoms with Gasteiger partial charge in [-0.1, -0.05) is 0 Å². The molecule has 0 amide bonds. The first-order valence-corrected chi connectivity index (χ1v) is 4.73. The molecule has 0 saturated carbocycles. The van der Waals surface area contributed by atoms with Crippen molar-refractivity contribution in [2.45, 2.75) is 13.8 Å². The zero-order valence-corrected chi connectivity index (χ0v) is 9.31. The van der Waals surface area contributed by atoms with Crippen molar-refractivity contribution in [3.63, 3.8) is 0 Å². The lowest BCUT2D eigenvalue weighted by Gasteiger charge is -2.14. The monoisotopic (exact) mass is 203 g/mol. The van der Waals surface area contributed by atoms with Gasteiger partial charge in [0.05, 0.1) is 5.69 Å². The van der Waals surface area contributed by atoms with Crippen LogP contribution in [0.5, 0.6) is 0 Å². The quantitative estimate of drug-likeness (QED) is 0.625. The van der Waals surface area contributed by atoms with Crippen LogP contribution in [0.3, 0.4) is 0 Å². The van der Waals surface area contributed by atoms with E-state index in [9.17, 15) is 0 Å². The molecule has 0 unspecified atom stereocenters. The van der Waals surface area contributed by atoms with Crippen molar-refractivity contribution in [1.29, 1.82) is 0 Å². The number of aryl methyl sites for hydroxylation is 1. The largest absolute Gasteiger partial charge is 0.330 e. The molecule has 0 saturated heterocycles. The highest BCUT2D eigenvalue weighted by atomic mass is 15.1. The molecular formula is C10H13N5. The fourth-order valence-electron chi connectivity index (χ4n) is 1.52. The number of aromatic nitrogens is 4. The van der Waals surface area contributed by atoms with Crippen LogP contribution >= 0.6 is 0 Å². The molecule has 2 aliphatic heterocycles. The van der Waals surface area contributed by atoms with Gasteiger partial charge < -0.3 is 4.57 Å². The maximum Gasteiger partial charge on any atom is 0.178 e. The van der Waals surface area contributed by atoms with Crippen LogP contribution in [0.15, 0.2) is 11.3 Å². The van der Waals surface area contributed by atoms with Crippen molar-refractivity contribution in [3.05, 3.63) is 23.2 Å². The van der Waals surface area contributed by atoms with Gasteiger partial charge in [-0.2, -0.15) is 0 Å². The van der Waals surface area contributed by atoms with Crippen LogP contribution in [0.4, 0.5) is 0 Å². The second-order valence-electron chi connectivity index (χ2n) is 3.43. The Morgan fingerprint density at radius 2 is 2.00 bits per heavy atom. The summed E-state index contributed by atoms with van der Waals surface area (Å²) in [6.45, 7) is 3.99. The molecule has 5 nitrogen and oxygen atoms in total. The summed E-state index contributed by atoms with van der Waals surface area (Å²) in [7, 11) is 3.68. The van der Waals surface area contributed by atoms with E-state index in [1.165, 1.54) is 6.33 Å². The van der Waals surface area contributed by atoms with E-state index in [0.29, 0.717) is 5.49 Å². The number of hydrogen-bond donors (Lipinski definition) is 0. The van der Waals surface area contributed by atoms with E-state index >= 15 is 0 Å². The van der Waals surface area contributed by atoms with Crippen LogP contribution in [0.2, 0.25) is 0 Å². The van der Waals surface area contributed by atoms with Crippen molar-refractivity contribution >= 4 is 0 Å². The van der Waals surface area contributed by atoms with Crippen molar-refractivity contribution in [2.24, 2.45) is 12.0 Å². The molecule has 0 fully saturated rings. The Bertz CT molecular complexity index is 540. The third-order valence-corrected chi connectivity index (χ3v) is 2.62. The van der Waals surface area contributed by atoms with Gasteiger partial charge in [0, 0.05) is 19.8 Å². The van der Waals surface area contributed by atoms with E-state index in [4.69, 9.17) is 0 Å². The highest BCUT2D eigenvalue weighted by molar-refractivity contribution is 5.49. The van der Waals surface area contributed by atoms with E-state index in [0.717, 1.165) is 22.9 Å². The molecule has 2 rings (SSSR count). The van der Waals surface area contributed by atoms with Crippen LogP contribution < -0.4 is 5.49 Å². The molecule has 0 aromatic heterocycles. The Kier molecular flexibility index (Phi) is 2.22. The maximum atomic E-state index is 4.47. The molecular weight excluding hydrogens is 190 g/mol. The predicted molar refractivity (Wildman–Crippen MR) is 56.4 cm³/mol. The Morgan fingerprint density at radius 1 is 1.27 bits per heavy atom. The lowest BCUT2D eigenvalue weighted by molar-refractivity contribution is 0.788. The summed E-state index contributed by atoms with van der Waals surface area (Å²) in [6.07, 6.45) is 1.52. The fourth-order valence-corrected chi connectivity index (χ4v) is 1.52. The van der Waals surface area contributed by atoms with Crippen LogP contribution in [0.1, 0.15) is 11.4 Å². The third kappa shape index (κ3) is 1.40. The third-order valence-electron chi connectivity index (χ3n) is 2.62. The minimum Gasteiger partial charge on any atom is -0.330 e. The summed E-state index contributed by atoms with van der Waals surface area (Å²) in [5.41, 5.74) is 3.47. The topological polar surface area (TPSA) is 56.0 Å². The van der Waals surface area contributed by atoms with Gasteiger partial charge in [0.1, 0.15) is 6.33 Å². The van der Waals surface area contributed by atoms with Crippen molar-refractivity contribution in [1.82, 2.24) is 19.5 Å². The average molecular weight is 203 g/mol. The van der Waals surface area contributed by atoms with Gasteiger partial charge in [-0.15, -0.1) is 0 Å². The van der Waals surface area contributed by atoms with Gasteiger partial charge >= 0.3 is 0 Å². The summed E-state index contributed by atoms with van der Waals surface area (Å²) in [4.78, 5) is 16.9. The molecule has 0 bridgehead atoms. The standard InChI is InChI=1S/C10H13N5/c1-6-7(2)15(4)10-8(14-6)9(11-3)12-5-13-10/h5H,1-4H3. The average Bonchev–Trinajstić information content (AvgIpc) is 2.25. The summed E-state index contributed by atoms with van der Waals surface area (Å²) >= 11 is 0. The highest BCUT2D eigenvalue weighted by Crippen LogP contribution is 2.14. The lowest BCUT2D eigenvalue weighted by Crippen LogP contribution is -2.20. The first-order valence-electron chi connectivity index (χ1n) is 4.73. The summed E-state index contributed by atoms with van der Waals surface area (Å²) in [6, 6.07) is 0. The van der Waals surface area contributed by atoms with E-state index < -0.39 is 0 Å². The summed E-state index contributed by atoms with van der Waals surface area (Å²) in [5.74, 6) is 0.814. The lowest BCUT2D eigenvalue weighted by atomic mass is 10.3. The van der Waals surface area contributed by atoms with Crippen molar-refractivity contribution < 1.29 is 0 Å². The first kappa shape index (κ1) is 9.76. The summed E-state index contributed by atoms with van der Waals surface area (Å²) in [5, 5.41) is 0. The normalized spacial score (nSPS) is 12.4. The van der Waals surface area contributed by atoms with Gasteiger partial charge in [0.15, 0.2) is 17.0 Å². The highest BCUT2D eigenvalue weighted by Gasteiger charge is 2.13. The molecule has 0 spiro atoms. The molecule has 0 N–H and O–H groups in total. The summed E-state index contributed by atoms with van der Waals surface area (Å²) < 4.78 is 2.01.